The van der Waals surface area contributed by atoms with Crippen LogP contribution in [0.3, 0.4) is 0 Å². The summed E-state index contributed by atoms with van der Waals surface area (Å²) in [6.07, 6.45) is -0.0707. The Hall–Kier alpha value is -3.23. The van der Waals surface area contributed by atoms with Gasteiger partial charge in [0.25, 0.3) is 5.66 Å². The number of rotatable bonds is 9. The molecule has 3 rings (SSSR count). The van der Waals surface area contributed by atoms with Crippen LogP contribution in [0.15, 0.2) is 48.5 Å². The number of ether oxygens (including phenoxy) is 2. The highest BCUT2D eigenvalue weighted by atomic mass is 31.0. The number of carboxylic acids is 1. The minimum absolute atomic E-state index is 0.0707. The first kappa shape index (κ1) is 24.4. The highest BCUT2D eigenvalue weighted by Crippen LogP contribution is 2.38. The third kappa shape index (κ3) is 6.40. The Balaban J connectivity index is 1.79. The van der Waals surface area contributed by atoms with Crippen molar-refractivity contribution >= 4 is 26.1 Å². The average Bonchev–Trinajstić information content (AvgIpc) is 2.77. The van der Waals surface area contributed by atoms with E-state index in [1.165, 1.54) is 15.3 Å². The second kappa shape index (κ2) is 10.6. The van der Waals surface area contributed by atoms with Crippen LogP contribution in [-0.2, 0) is 17.1 Å². The Morgan fingerprint density at radius 2 is 1.91 bits per heavy atom. The SMILES string of the molecule is CC#CC(CC(=O)O)c1ccc(OCc2ccc3nc(C(F)(F)P)cc(OCC)c3c2)cc1. The topological polar surface area (TPSA) is 68.7 Å². The third-order valence-electron chi connectivity index (χ3n) is 4.86. The van der Waals surface area contributed by atoms with Crippen LogP contribution in [0.1, 0.15) is 43.0 Å². The lowest BCUT2D eigenvalue weighted by atomic mass is 9.96. The number of pyridine rings is 1. The van der Waals surface area contributed by atoms with E-state index in [9.17, 15) is 13.6 Å². The summed E-state index contributed by atoms with van der Waals surface area (Å²) in [7, 11) is 1.49. The molecule has 0 radical (unpaired) electrons. The second-order valence-electron chi connectivity index (χ2n) is 7.32. The van der Waals surface area contributed by atoms with Gasteiger partial charge in [-0.05, 0) is 49.2 Å². The van der Waals surface area contributed by atoms with Gasteiger partial charge in [-0.15, -0.1) is 5.92 Å². The molecule has 8 heteroatoms. The van der Waals surface area contributed by atoms with Crippen molar-refractivity contribution in [2.75, 3.05) is 6.61 Å². The van der Waals surface area contributed by atoms with E-state index in [1.807, 2.05) is 6.07 Å². The molecule has 3 aromatic rings. The van der Waals surface area contributed by atoms with Crippen LogP contribution in [0.4, 0.5) is 8.78 Å². The summed E-state index contributed by atoms with van der Waals surface area (Å²) < 4.78 is 39.0. The average molecular weight is 471 g/mol. The van der Waals surface area contributed by atoms with Crippen molar-refractivity contribution in [3.63, 3.8) is 0 Å². The van der Waals surface area contributed by atoms with Crippen LogP contribution >= 0.6 is 9.24 Å². The number of carboxylic acid groups (broad SMARTS) is 1. The second-order valence-corrected chi connectivity index (χ2v) is 8.04. The Bertz CT molecular complexity index is 1200. The molecule has 0 aliphatic heterocycles. The molecule has 0 fully saturated rings. The normalized spacial score (nSPS) is 12.0. The van der Waals surface area contributed by atoms with E-state index in [2.05, 4.69) is 16.8 Å². The molecule has 0 saturated carbocycles. The van der Waals surface area contributed by atoms with Crippen molar-refractivity contribution in [2.24, 2.45) is 0 Å². The van der Waals surface area contributed by atoms with Crippen LogP contribution in [0, 0.1) is 11.8 Å². The van der Waals surface area contributed by atoms with Gasteiger partial charge in [0.1, 0.15) is 23.8 Å². The number of aliphatic carboxylic acids is 1. The molecular formula is C25H24F2NO4P. The summed E-state index contributed by atoms with van der Waals surface area (Å²) in [6.45, 7) is 4.04. The fourth-order valence-electron chi connectivity index (χ4n) is 3.34. The van der Waals surface area contributed by atoms with Gasteiger partial charge in [-0.25, -0.2) is 4.98 Å². The minimum Gasteiger partial charge on any atom is -0.493 e. The molecule has 33 heavy (non-hydrogen) atoms. The molecule has 0 bridgehead atoms. The van der Waals surface area contributed by atoms with Crippen molar-refractivity contribution in [1.82, 2.24) is 4.98 Å². The van der Waals surface area contributed by atoms with Crippen molar-refractivity contribution in [3.05, 3.63) is 65.4 Å². The van der Waals surface area contributed by atoms with Gasteiger partial charge in [0.2, 0.25) is 0 Å². The summed E-state index contributed by atoms with van der Waals surface area (Å²) in [4.78, 5) is 15.1. The molecule has 0 amide bonds. The highest BCUT2D eigenvalue weighted by molar-refractivity contribution is 7.17. The Kier molecular flexibility index (Phi) is 7.84. The van der Waals surface area contributed by atoms with E-state index >= 15 is 0 Å². The summed E-state index contributed by atoms with van der Waals surface area (Å²) in [5, 5.41) is 9.70. The minimum atomic E-state index is -3.15. The largest absolute Gasteiger partial charge is 0.493 e. The van der Waals surface area contributed by atoms with Gasteiger partial charge in [0, 0.05) is 11.5 Å². The molecule has 1 aromatic heterocycles. The van der Waals surface area contributed by atoms with Crippen molar-refractivity contribution in [1.29, 1.82) is 0 Å². The third-order valence-corrected chi connectivity index (χ3v) is 5.16. The maximum Gasteiger partial charge on any atom is 0.304 e. The quantitative estimate of drug-likeness (QED) is 0.319. The van der Waals surface area contributed by atoms with E-state index in [1.54, 1.807) is 50.2 Å². The molecule has 0 spiro atoms. The molecule has 172 valence electrons. The lowest BCUT2D eigenvalue weighted by Crippen LogP contribution is -2.07. The zero-order chi connectivity index (χ0) is 24.0. The number of hydrogen-bond acceptors (Lipinski definition) is 4. The molecule has 0 saturated heterocycles. The predicted octanol–water partition coefficient (Wildman–Crippen LogP) is 5.72. The Morgan fingerprint density at radius 1 is 1.18 bits per heavy atom. The highest BCUT2D eigenvalue weighted by Gasteiger charge is 2.28. The van der Waals surface area contributed by atoms with Crippen molar-refractivity contribution in [2.45, 2.75) is 38.5 Å². The number of nitrogens with zero attached hydrogens (tertiary/aromatic N) is 1. The van der Waals surface area contributed by atoms with Gasteiger partial charge in [0.15, 0.2) is 0 Å². The van der Waals surface area contributed by atoms with Crippen LogP contribution in [0.5, 0.6) is 11.5 Å². The van der Waals surface area contributed by atoms with E-state index < -0.39 is 11.6 Å². The van der Waals surface area contributed by atoms with E-state index in [0.717, 1.165) is 11.1 Å². The number of alkyl halides is 2. The molecular weight excluding hydrogens is 447 g/mol. The molecule has 2 atom stereocenters. The zero-order valence-electron chi connectivity index (χ0n) is 18.3. The van der Waals surface area contributed by atoms with Gasteiger partial charge in [-0.2, -0.15) is 8.78 Å². The fourth-order valence-corrected chi connectivity index (χ4v) is 3.49. The Labute approximate surface area is 193 Å². The number of hydrogen-bond donors (Lipinski definition) is 1. The number of aromatic nitrogens is 1. The lowest BCUT2D eigenvalue weighted by Gasteiger charge is -2.15. The molecule has 5 nitrogen and oxygen atoms in total. The molecule has 0 aliphatic carbocycles. The van der Waals surface area contributed by atoms with E-state index in [-0.39, 0.29) is 24.6 Å². The van der Waals surface area contributed by atoms with Gasteiger partial charge in [0.05, 0.1) is 24.5 Å². The first-order valence-electron chi connectivity index (χ1n) is 10.3. The van der Waals surface area contributed by atoms with Crippen LogP contribution in [0.2, 0.25) is 0 Å². The number of fused-ring (bicyclic) bond motifs is 1. The standard InChI is InChI=1S/C25H24F2NO4P/c1-3-5-18(13-24(29)30)17-7-9-19(10-8-17)32-15-16-6-11-21-20(12-16)22(31-4-2)14-23(28-21)25(26,27)33/h6-12,14,18H,4,13,15,33H2,1-2H3,(H,29,30). The fraction of sp³-hybridized carbons (Fsp3) is 0.280. The Morgan fingerprint density at radius 3 is 2.52 bits per heavy atom. The number of carbonyl (C=O) groups is 1. The number of halogens is 2. The van der Waals surface area contributed by atoms with Crippen LogP contribution in [-0.4, -0.2) is 22.7 Å². The molecule has 1 N–H and O–H groups in total. The maximum atomic E-state index is 13.8. The zero-order valence-corrected chi connectivity index (χ0v) is 19.4. The lowest BCUT2D eigenvalue weighted by molar-refractivity contribution is -0.137. The first-order chi connectivity index (χ1) is 15.7. The summed E-state index contributed by atoms with van der Waals surface area (Å²) in [5.41, 5.74) is -1.49. The van der Waals surface area contributed by atoms with Gasteiger partial charge >= 0.3 is 5.97 Å². The van der Waals surface area contributed by atoms with Crippen LogP contribution in [0.25, 0.3) is 10.9 Å². The van der Waals surface area contributed by atoms with Crippen LogP contribution < -0.4 is 9.47 Å². The van der Waals surface area contributed by atoms with Gasteiger partial charge in [-0.3, -0.25) is 4.79 Å². The van der Waals surface area contributed by atoms with Crippen molar-refractivity contribution in [3.8, 4) is 23.3 Å². The summed E-state index contributed by atoms with van der Waals surface area (Å²) >= 11 is 0. The van der Waals surface area contributed by atoms with Gasteiger partial charge in [-0.1, -0.05) is 33.4 Å². The van der Waals surface area contributed by atoms with E-state index in [4.69, 9.17) is 14.6 Å². The van der Waals surface area contributed by atoms with E-state index in [0.29, 0.717) is 29.0 Å². The first-order valence-corrected chi connectivity index (χ1v) is 10.9. The maximum absolute atomic E-state index is 13.8. The smallest absolute Gasteiger partial charge is 0.304 e. The summed E-state index contributed by atoms with van der Waals surface area (Å²) in [5.74, 6) is 5.34. The van der Waals surface area contributed by atoms with Gasteiger partial charge < -0.3 is 14.6 Å². The summed E-state index contributed by atoms with van der Waals surface area (Å²) in [6, 6.07) is 13.6. The molecule has 2 aromatic carbocycles. The van der Waals surface area contributed by atoms with Crippen molar-refractivity contribution < 1.29 is 28.2 Å². The molecule has 1 heterocycles. The molecule has 2 unspecified atom stereocenters. The number of benzene rings is 2. The predicted molar refractivity (Wildman–Crippen MR) is 126 cm³/mol. The monoisotopic (exact) mass is 471 g/mol. The molecule has 0 aliphatic rings.